The molecule has 2 aromatic heterocycles. The molecule has 2 heterocycles. The second kappa shape index (κ2) is 3.09. The van der Waals surface area contributed by atoms with Gasteiger partial charge < -0.3 is 5.73 Å². The molecule has 0 unspecified atom stereocenters. The maximum atomic E-state index is 5.54. The van der Waals surface area contributed by atoms with E-state index in [0.717, 1.165) is 17.8 Å². The average molecular weight is 194 g/mol. The van der Waals surface area contributed by atoms with Gasteiger partial charge in [0.1, 0.15) is 0 Å². The van der Waals surface area contributed by atoms with Crippen LogP contribution in [0.5, 0.6) is 0 Å². The molecule has 2 N–H and O–H groups in total. The van der Waals surface area contributed by atoms with Crippen molar-refractivity contribution in [2.45, 2.75) is 20.3 Å². The molecule has 2 aromatic rings. The summed E-state index contributed by atoms with van der Waals surface area (Å²) in [6, 6.07) is 0. The number of nitrogens with two attached hydrogens (primary N) is 1. The van der Waals surface area contributed by atoms with Crippen LogP contribution in [-0.4, -0.2) is 25.3 Å². The summed E-state index contributed by atoms with van der Waals surface area (Å²) >= 11 is 0. The number of nitrogens with zero attached hydrogens (tertiary/aromatic N) is 5. The first kappa shape index (κ1) is 8.67. The second-order valence-electron chi connectivity index (χ2n) is 2.86. The summed E-state index contributed by atoms with van der Waals surface area (Å²) in [5.74, 6) is 0.593. The Hall–Kier alpha value is -1.92. The van der Waals surface area contributed by atoms with E-state index in [-0.39, 0.29) is 5.82 Å². The number of aromatic nitrogens is 5. The molecular weight excluding hydrogens is 184 g/mol. The summed E-state index contributed by atoms with van der Waals surface area (Å²) < 4.78 is 6.00. The highest BCUT2D eigenvalue weighted by Crippen LogP contribution is 2.14. The highest BCUT2D eigenvalue weighted by Gasteiger charge is 2.14. The minimum absolute atomic E-state index is 0.209. The standard InChI is InChI=1S/C7H10N6O/c1-3-5-4(2)13(12-9-5)7-6(8)10-14-11-7/h3H2,1-2H3,(H2,8,10). The lowest BCUT2D eigenvalue weighted by molar-refractivity contribution is 0.306. The zero-order valence-corrected chi connectivity index (χ0v) is 7.93. The zero-order chi connectivity index (χ0) is 10.1. The van der Waals surface area contributed by atoms with Crippen molar-refractivity contribution in [1.82, 2.24) is 25.3 Å². The molecule has 0 fully saturated rings. The molecule has 0 bridgehead atoms. The summed E-state index contributed by atoms with van der Waals surface area (Å²) in [5.41, 5.74) is 7.34. The maximum absolute atomic E-state index is 5.54. The van der Waals surface area contributed by atoms with Gasteiger partial charge in [-0.05, 0) is 23.7 Å². The Morgan fingerprint density at radius 3 is 2.71 bits per heavy atom. The van der Waals surface area contributed by atoms with Gasteiger partial charge in [-0.1, -0.05) is 12.1 Å². The predicted octanol–water partition coefficient (Wildman–Crippen LogP) is 0.103. The van der Waals surface area contributed by atoms with Crippen LogP contribution in [0.4, 0.5) is 5.82 Å². The van der Waals surface area contributed by atoms with E-state index in [1.807, 2.05) is 13.8 Å². The van der Waals surface area contributed by atoms with Crippen LogP contribution in [0, 0.1) is 6.92 Å². The van der Waals surface area contributed by atoms with Crippen LogP contribution in [-0.2, 0) is 6.42 Å². The zero-order valence-electron chi connectivity index (χ0n) is 7.93. The Morgan fingerprint density at radius 1 is 1.43 bits per heavy atom. The smallest absolute Gasteiger partial charge is 0.243 e. The largest absolute Gasteiger partial charge is 0.378 e. The molecular formula is C7H10N6O. The third kappa shape index (κ3) is 1.13. The van der Waals surface area contributed by atoms with Crippen molar-refractivity contribution in [3.8, 4) is 5.82 Å². The molecule has 0 saturated carbocycles. The molecule has 0 aromatic carbocycles. The number of hydrogen-bond donors (Lipinski definition) is 1. The molecule has 14 heavy (non-hydrogen) atoms. The topological polar surface area (TPSA) is 95.6 Å². The summed E-state index contributed by atoms with van der Waals surface area (Å²) in [6.07, 6.45) is 0.816. The molecule has 0 atom stereocenters. The summed E-state index contributed by atoms with van der Waals surface area (Å²) in [5, 5.41) is 15.0. The van der Waals surface area contributed by atoms with Crippen molar-refractivity contribution in [2.75, 3.05) is 5.73 Å². The lowest BCUT2D eigenvalue weighted by atomic mass is 10.3. The number of anilines is 1. The van der Waals surface area contributed by atoms with Gasteiger partial charge >= 0.3 is 0 Å². The third-order valence-corrected chi connectivity index (χ3v) is 2.02. The molecule has 74 valence electrons. The van der Waals surface area contributed by atoms with E-state index < -0.39 is 0 Å². The first-order chi connectivity index (χ1) is 6.74. The SMILES string of the molecule is CCc1nnn(-c2nonc2N)c1C. The van der Waals surface area contributed by atoms with Crippen LogP contribution in [0.3, 0.4) is 0 Å². The van der Waals surface area contributed by atoms with E-state index in [0.29, 0.717) is 5.82 Å². The Morgan fingerprint density at radius 2 is 2.21 bits per heavy atom. The van der Waals surface area contributed by atoms with Crippen molar-refractivity contribution in [3.05, 3.63) is 11.4 Å². The molecule has 0 amide bonds. The summed E-state index contributed by atoms with van der Waals surface area (Å²) in [7, 11) is 0. The van der Waals surface area contributed by atoms with Crippen LogP contribution in [0.15, 0.2) is 4.63 Å². The van der Waals surface area contributed by atoms with Crippen molar-refractivity contribution in [3.63, 3.8) is 0 Å². The van der Waals surface area contributed by atoms with Gasteiger partial charge in [-0.25, -0.2) is 4.63 Å². The number of nitrogen functional groups attached to an aromatic ring is 1. The van der Waals surface area contributed by atoms with E-state index in [4.69, 9.17) is 5.73 Å². The highest BCUT2D eigenvalue weighted by atomic mass is 16.6. The van der Waals surface area contributed by atoms with Gasteiger partial charge in [-0.15, -0.1) is 5.10 Å². The van der Waals surface area contributed by atoms with Crippen molar-refractivity contribution in [1.29, 1.82) is 0 Å². The Bertz CT molecular complexity index is 445. The maximum Gasteiger partial charge on any atom is 0.243 e. The molecule has 7 heteroatoms. The second-order valence-corrected chi connectivity index (χ2v) is 2.86. The Balaban J connectivity index is 2.52. The minimum Gasteiger partial charge on any atom is -0.378 e. The van der Waals surface area contributed by atoms with Crippen molar-refractivity contribution in [2.24, 2.45) is 0 Å². The Kier molecular flexibility index (Phi) is 1.91. The van der Waals surface area contributed by atoms with Crippen LogP contribution in [0.1, 0.15) is 18.3 Å². The Labute approximate surface area is 79.9 Å². The van der Waals surface area contributed by atoms with Gasteiger partial charge in [0.2, 0.25) is 11.6 Å². The van der Waals surface area contributed by atoms with E-state index >= 15 is 0 Å². The number of hydrogen-bond acceptors (Lipinski definition) is 6. The van der Waals surface area contributed by atoms with E-state index in [9.17, 15) is 0 Å². The predicted molar refractivity (Wildman–Crippen MR) is 47.7 cm³/mol. The molecule has 0 aliphatic rings. The molecule has 0 aliphatic carbocycles. The summed E-state index contributed by atoms with van der Waals surface area (Å²) in [6.45, 7) is 3.90. The van der Waals surface area contributed by atoms with Crippen molar-refractivity contribution >= 4 is 5.82 Å². The van der Waals surface area contributed by atoms with Gasteiger partial charge in [0.25, 0.3) is 0 Å². The molecule has 0 radical (unpaired) electrons. The van der Waals surface area contributed by atoms with E-state index in [1.165, 1.54) is 4.68 Å². The normalized spacial score (nSPS) is 10.7. The molecule has 2 rings (SSSR count). The quantitative estimate of drug-likeness (QED) is 0.728. The summed E-state index contributed by atoms with van der Waals surface area (Å²) in [4.78, 5) is 0. The molecule has 0 saturated heterocycles. The van der Waals surface area contributed by atoms with Gasteiger partial charge in [-0.2, -0.15) is 4.68 Å². The van der Waals surface area contributed by atoms with Crippen LogP contribution in [0.25, 0.3) is 5.82 Å². The van der Waals surface area contributed by atoms with Crippen LogP contribution in [0.2, 0.25) is 0 Å². The number of rotatable bonds is 2. The number of aryl methyl sites for hydroxylation is 1. The molecule has 0 spiro atoms. The average Bonchev–Trinajstić information content (AvgIpc) is 2.72. The first-order valence-corrected chi connectivity index (χ1v) is 4.23. The van der Waals surface area contributed by atoms with Gasteiger partial charge in [0, 0.05) is 0 Å². The van der Waals surface area contributed by atoms with Crippen molar-refractivity contribution < 1.29 is 4.63 Å². The fraction of sp³-hybridized carbons (Fsp3) is 0.429. The highest BCUT2D eigenvalue weighted by molar-refractivity contribution is 5.44. The lowest BCUT2D eigenvalue weighted by Crippen LogP contribution is -2.03. The van der Waals surface area contributed by atoms with Crippen LogP contribution >= 0.6 is 0 Å². The van der Waals surface area contributed by atoms with E-state index in [2.05, 4.69) is 25.3 Å². The monoisotopic (exact) mass is 194 g/mol. The van der Waals surface area contributed by atoms with Crippen LogP contribution < -0.4 is 5.73 Å². The fourth-order valence-electron chi connectivity index (χ4n) is 1.23. The van der Waals surface area contributed by atoms with Gasteiger partial charge in [0.15, 0.2) is 0 Å². The van der Waals surface area contributed by atoms with Gasteiger partial charge in [-0.3, -0.25) is 0 Å². The fourth-order valence-corrected chi connectivity index (χ4v) is 1.23. The molecule has 0 aliphatic heterocycles. The van der Waals surface area contributed by atoms with E-state index in [1.54, 1.807) is 0 Å². The van der Waals surface area contributed by atoms with Gasteiger partial charge in [0.05, 0.1) is 11.4 Å². The molecule has 7 nitrogen and oxygen atoms in total. The first-order valence-electron chi connectivity index (χ1n) is 4.23. The third-order valence-electron chi connectivity index (χ3n) is 2.02. The lowest BCUT2D eigenvalue weighted by Gasteiger charge is -1.96. The minimum atomic E-state index is 0.209.